The fourth-order valence-corrected chi connectivity index (χ4v) is 4.79. The molecule has 7 heteroatoms. The molecule has 0 aromatic heterocycles. The maximum Gasteiger partial charge on any atom is 0.227 e. The Bertz CT molecular complexity index is 629. The van der Waals surface area contributed by atoms with E-state index in [1.807, 2.05) is 40.9 Å². The zero-order valence-corrected chi connectivity index (χ0v) is 18.2. The molecule has 5 nitrogen and oxygen atoms in total. The predicted octanol–water partition coefficient (Wildman–Crippen LogP) is 3.19. The SMILES string of the molecule is CC(CC(=O)Nc1ccc(CC(=O)N2CCSCC2)cc1)C1CCNCC1.Cl. The van der Waals surface area contributed by atoms with Crippen LogP contribution in [0.4, 0.5) is 5.69 Å². The third kappa shape index (κ3) is 6.98. The second-order valence-electron chi connectivity index (χ2n) is 7.68. The van der Waals surface area contributed by atoms with E-state index in [4.69, 9.17) is 0 Å². The normalized spacial score (nSPS) is 18.8. The Hall–Kier alpha value is -1.24. The second kappa shape index (κ2) is 11.7. The van der Waals surface area contributed by atoms with Crippen molar-refractivity contribution in [1.82, 2.24) is 10.2 Å². The predicted molar refractivity (Wildman–Crippen MR) is 119 cm³/mol. The van der Waals surface area contributed by atoms with Crippen LogP contribution in [0.2, 0.25) is 0 Å². The van der Waals surface area contributed by atoms with Gasteiger partial charge in [0.05, 0.1) is 6.42 Å². The Morgan fingerprint density at radius 2 is 1.82 bits per heavy atom. The minimum atomic E-state index is 0. The Balaban J connectivity index is 0.00000280. The minimum Gasteiger partial charge on any atom is -0.341 e. The molecule has 0 saturated carbocycles. The summed E-state index contributed by atoms with van der Waals surface area (Å²) in [4.78, 5) is 26.6. The fourth-order valence-electron chi connectivity index (χ4n) is 3.89. The minimum absolute atomic E-state index is 0. The Labute approximate surface area is 178 Å². The number of piperidine rings is 1. The maximum atomic E-state index is 12.3. The standard InChI is InChI=1S/C21H31N3O2S.ClH/c1-16(18-6-8-22-9-7-18)14-20(25)23-19-4-2-17(3-5-19)15-21(26)24-10-12-27-13-11-24;/h2-5,16,18,22H,6-15H2,1H3,(H,23,25);1H. The summed E-state index contributed by atoms with van der Waals surface area (Å²) in [5.41, 5.74) is 1.81. The van der Waals surface area contributed by atoms with Gasteiger partial charge < -0.3 is 15.5 Å². The van der Waals surface area contributed by atoms with Crippen molar-refractivity contribution in [3.8, 4) is 0 Å². The van der Waals surface area contributed by atoms with E-state index in [1.165, 1.54) is 0 Å². The molecule has 2 fully saturated rings. The number of carbonyl (C=O) groups is 2. The van der Waals surface area contributed by atoms with Crippen LogP contribution in [0.5, 0.6) is 0 Å². The summed E-state index contributed by atoms with van der Waals surface area (Å²) in [5, 5.41) is 6.38. The van der Waals surface area contributed by atoms with Gasteiger partial charge in [-0.25, -0.2) is 0 Å². The molecule has 2 N–H and O–H groups in total. The van der Waals surface area contributed by atoms with E-state index in [0.717, 1.165) is 61.8 Å². The third-order valence-electron chi connectivity index (χ3n) is 5.65. The third-order valence-corrected chi connectivity index (χ3v) is 6.60. The number of halogens is 1. The monoisotopic (exact) mass is 425 g/mol. The van der Waals surface area contributed by atoms with E-state index in [2.05, 4.69) is 17.6 Å². The maximum absolute atomic E-state index is 12.3. The van der Waals surface area contributed by atoms with Crippen molar-refractivity contribution in [2.45, 2.75) is 32.6 Å². The zero-order chi connectivity index (χ0) is 19.1. The Morgan fingerprint density at radius 1 is 1.18 bits per heavy atom. The molecule has 0 bridgehead atoms. The van der Waals surface area contributed by atoms with Gasteiger partial charge in [0.1, 0.15) is 0 Å². The van der Waals surface area contributed by atoms with E-state index in [1.54, 1.807) is 0 Å². The second-order valence-corrected chi connectivity index (χ2v) is 8.91. The summed E-state index contributed by atoms with van der Waals surface area (Å²) in [6.07, 6.45) is 3.32. The number of nitrogens with one attached hydrogen (secondary N) is 2. The lowest BCUT2D eigenvalue weighted by Crippen LogP contribution is -2.38. The van der Waals surface area contributed by atoms with Crippen LogP contribution < -0.4 is 10.6 Å². The highest BCUT2D eigenvalue weighted by molar-refractivity contribution is 7.99. The zero-order valence-electron chi connectivity index (χ0n) is 16.6. The summed E-state index contributed by atoms with van der Waals surface area (Å²) >= 11 is 1.91. The molecule has 1 aromatic rings. The highest BCUT2D eigenvalue weighted by Gasteiger charge is 2.22. The number of nitrogens with zero attached hydrogens (tertiary/aromatic N) is 1. The largest absolute Gasteiger partial charge is 0.341 e. The molecule has 156 valence electrons. The molecule has 28 heavy (non-hydrogen) atoms. The van der Waals surface area contributed by atoms with Gasteiger partial charge in [-0.15, -0.1) is 12.4 Å². The van der Waals surface area contributed by atoms with E-state index in [-0.39, 0.29) is 24.2 Å². The highest BCUT2D eigenvalue weighted by atomic mass is 35.5. The highest BCUT2D eigenvalue weighted by Crippen LogP contribution is 2.24. The Kier molecular flexibility index (Phi) is 9.62. The van der Waals surface area contributed by atoms with Crippen LogP contribution in [0, 0.1) is 11.8 Å². The molecule has 2 aliphatic heterocycles. The number of anilines is 1. The van der Waals surface area contributed by atoms with Crippen molar-refractivity contribution in [2.24, 2.45) is 11.8 Å². The topological polar surface area (TPSA) is 61.4 Å². The summed E-state index contributed by atoms with van der Waals surface area (Å²) in [7, 11) is 0. The van der Waals surface area contributed by atoms with Gasteiger partial charge in [0.15, 0.2) is 0 Å². The van der Waals surface area contributed by atoms with Gasteiger partial charge in [-0.1, -0.05) is 19.1 Å². The number of hydrogen-bond acceptors (Lipinski definition) is 4. The molecule has 0 radical (unpaired) electrons. The lowest BCUT2D eigenvalue weighted by atomic mass is 9.84. The van der Waals surface area contributed by atoms with Crippen LogP contribution in [0.3, 0.4) is 0 Å². The van der Waals surface area contributed by atoms with Crippen molar-refractivity contribution in [3.05, 3.63) is 29.8 Å². The summed E-state index contributed by atoms with van der Waals surface area (Å²) in [5.74, 6) is 3.39. The van der Waals surface area contributed by atoms with Gasteiger partial charge >= 0.3 is 0 Å². The average Bonchev–Trinajstić information content (AvgIpc) is 2.70. The lowest BCUT2D eigenvalue weighted by molar-refractivity contribution is -0.130. The molecule has 0 spiro atoms. The molecule has 2 amide bonds. The smallest absolute Gasteiger partial charge is 0.227 e. The molecule has 2 heterocycles. The quantitative estimate of drug-likeness (QED) is 0.734. The van der Waals surface area contributed by atoms with Crippen molar-refractivity contribution in [2.75, 3.05) is 43.0 Å². The van der Waals surface area contributed by atoms with Crippen molar-refractivity contribution >= 4 is 41.7 Å². The van der Waals surface area contributed by atoms with Gasteiger partial charge in [-0.05, 0) is 55.5 Å². The van der Waals surface area contributed by atoms with Crippen LogP contribution in [0.15, 0.2) is 24.3 Å². The number of thioether (sulfide) groups is 1. The number of benzene rings is 1. The molecule has 2 saturated heterocycles. The summed E-state index contributed by atoms with van der Waals surface area (Å²) in [6, 6.07) is 7.70. The van der Waals surface area contributed by atoms with E-state index >= 15 is 0 Å². The van der Waals surface area contributed by atoms with Crippen LogP contribution in [-0.4, -0.2) is 54.4 Å². The van der Waals surface area contributed by atoms with Crippen molar-refractivity contribution < 1.29 is 9.59 Å². The number of hydrogen-bond donors (Lipinski definition) is 2. The molecular weight excluding hydrogens is 394 g/mol. The first kappa shape index (κ1) is 23.0. The lowest BCUT2D eigenvalue weighted by Gasteiger charge is -2.27. The molecule has 2 aliphatic rings. The molecule has 1 unspecified atom stereocenters. The van der Waals surface area contributed by atoms with Gasteiger partial charge in [0, 0.05) is 36.7 Å². The van der Waals surface area contributed by atoms with E-state index in [0.29, 0.717) is 24.7 Å². The first-order valence-electron chi connectivity index (χ1n) is 10.1. The van der Waals surface area contributed by atoms with Gasteiger partial charge in [-0.2, -0.15) is 11.8 Å². The van der Waals surface area contributed by atoms with Crippen LogP contribution in [0.25, 0.3) is 0 Å². The van der Waals surface area contributed by atoms with E-state index < -0.39 is 0 Å². The molecule has 0 aliphatic carbocycles. The summed E-state index contributed by atoms with van der Waals surface area (Å²) < 4.78 is 0. The number of amides is 2. The molecular formula is C21H32ClN3O2S. The van der Waals surface area contributed by atoms with Gasteiger partial charge in [-0.3, -0.25) is 9.59 Å². The van der Waals surface area contributed by atoms with Crippen molar-refractivity contribution in [1.29, 1.82) is 0 Å². The first-order chi connectivity index (χ1) is 13.1. The average molecular weight is 426 g/mol. The van der Waals surface area contributed by atoms with E-state index in [9.17, 15) is 9.59 Å². The van der Waals surface area contributed by atoms with Crippen LogP contribution in [0.1, 0.15) is 31.7 Å². The van der Waals surface area contributed by atoms with Crippen LogP contribution in [-0.2, 0) is 16.0 Å². The Morgan fingerprint density at radius 3 is 2.46 bits per heavy atom. The number of carbonyl (C=O) groups excluding carboxylic acids is 2. The fraction of sp³-hybridized carbons (Fsp3) is 0.619. The van der Waals surface area contributed by atoms with Crippen LogP contribution >= 0.6 is 24.2 Å². The molecule has 3 rings (SSSR count). The van der Waals surface area contributed by atoms with Gasteiger partial charge in [0.2, 0.25) is 11.8 Å². The molecule has 1 aromatic carbocycles. The van der Waals surface area contributed by atoms with Gasteiger partial charge in [0.25, 0.3) is 0 Å². The van der Waals surface area contributed by atoms with Crippen molar-refractivity contribution in [3.63, 3.8) is 0 Å². The first-order valence-corrected chi connectivity index (χ1v) is 11.2. The summed E-state index contributed by atoms with van der Waals surface area (Å²) in [6.45, 7) is 6.02. The molecule has 1 atom stereocenters. The number of rotatable bonds is 6.